The number of carbonyl (C=O) groups excluding carboxylic acids is 1. The van der Waals surface area contributed by atoms with E-state index in [0.717, 1.165) is 29.4 Å². The third-order valence-electron chi connectivity index (χ3n) is 3.59. The molecule has 1 amide bonds. The number of nitrogens with one attached hydrogen (secondary N) is 2. The summed E-state index contributed by atoms with van der Waals surface area (Å²) in [6.45, 7) is 9.12. The fraction of sp³-hybridized carbons (Fsp3) is 0.556. The Morgan fingerprint density at radius 1 is 1.33 bits per heavy atom. The van der Waals surface area contributed by atoms with E-state index in [-0.39, 0.29) is 18.1 Å². The summed E-state index contributed by atoms with van der Waals surface area (Å²) in [5, 5.41) is 17.9. The molecule has 0 radical (unpaired) electrons. The highest BCUT2D eigenvalue weighted by Gasteiger charge is 2.15. The maximum atomic E-state index is 12.0. The number of tetrazole rings is 1. The summed E-state index contributed by atoms with van der Waals surface area (Å²) >= 11 is 3.48. The molecule has 0 fully saturated rings. The zero-order chi connectivity index (χ0) is 19.9. The van der Waals surface area contributed by atoms with Crippen LogP contribution in [-0.4, -0.2) is 38.3 Å². The van der Waals surface area contributed by atoms with Crippen molar-refractivity contribution in [1.29, 1.82) is 0 Å². The molecular formula is C18H27BrN6O2. The number of hydrogen-bond donors (Lipinski definition) is 2. The lowest BCUT2D eigenvalue weighted by Crippen LogP contribution is -2.43. The number of rotatable bonds is 9. The summed E-state index contributed by atoms with van der Waals surface area (Å²) in [7, 11) is 0. The normalized spacial score (nSPS) is 11.3. The van der Waals surface area contributed by atoms with Crippen LogP contribution in [0, 0.1) is 0 Å². The molecule has 2 N–H and O–H groups in total. The van der Waals surface area contributed by atoms with Crippen LogP contribution >= 0.6 is 15.9 Å². The van der Waals surface area contributed by atoms with Crippen molar-refractivity contribution < 1.29 is 9.53 Å². The van der Waals surface area contributed by atoms with Crippen LogP contribution in [0.3, 0.4) is 0 Å². The largest absolute Gasteiger partial charge is 0.483 e. The van der Waals surface area contributed by atoms with Gasteiger partial charge in [-0.25, -0.2) is 4.68 Å². The Morgan fingerprint density at radius 2 is 2.11 bits per heavy atom. The molecule has 0 aliphatic carbocycles. The second-order valence-corrected chi connectivity index (χ2v) is 8.19. The molecule has 0 spiro atoms. The maximum Gasteiger partial charge on any atom is 0.258 e. The van der Waals surface area contributed by atoms with Crippen molar-refractivity contribution in [1.82, 2.24) is 25.5 Å². The van der Waals surface area contributed by atoms with Gasteiger partial charge in [0.25, 0.3) is 5.91 Å². The minimum absolute atomic E-state index is 0.0415. The van der Waals surface area contributed by atoms with E-state index >= 15 is 0 Å². The minimum atomic E-state index is -0.292. The number of anilines is 1. The summed E-state index contributed by atoms with van der Waals surface area (Å²) in [5.74, 6) is 1.09. The van der Waals surface area contributed by atoms with E-state index < -0.39 is 0 Å². The van der Waals surface area contributed by atoms with Crippen LogP contribution in [0.5, 0.6) is 5.75 Å². The van der Waals surface area contributed by atoms with Crippen LogP contribution < -0.4 is 15.4 Å². The van der Waals surface area contributed by atoms with Gasteiger partial charge < -0.3 is 15.4 Å². The van der Waals surface area contributed by atoms with E-state index in [1.807, 2.05) is 39.0 Å². The molecule has 1 heterocycles. The second kappa shape index (κ2) is 9.68. The standard InChI is InChI=1S/C18H27BrN6O2/c1-5-6-9-25-17(22-23-24-25)20-11-13-10-14(19)7-8-15(13)27-12-16(26)21-18(2,3)4/h7-8,10H,5-6,9,11-12H2,1-4H3,(H,21,26)(H,20,22,24). The van der Waals surface area contributed by atoms with Crippen LogP contribution in [0.4, 0.5) is 5.95 Å². The van der Waals surface area contributed by atoms with Crippen molar-refractivity contribution >= 4 is 27.8 Å². The molecule has 27 heavy (non-hydrogen) atoms. The van der Waals surface area contributed by atoms with Gasteiger partial charge in [0.1, 0.15) is 5.75 Å². The van der Waals surface area contributed by atoms with E-state index in [0.29, 0.717) is 18.2 Å². The van der Waals surface area contributed by atoms with E-state index in [2.05, 4.69) is 49.0 Å². The fourth-order valence-corrected chi connectivity index (χ4v) is 2.80. The average Bonchev–Trinajstić information content (AvgIpc) is 3.03. The molecule has 0 saturated heterocycles. The molecule has 0 atom stereocenters. The van der Waals surface area contributed by atoms with Crippen LogP contribution in [0.15, 0.2) is 22.7 Å². The van der Waals surface area contributed by atoms with Crippen molar-refractivity contribution in [3.8, 4) is 5.75 Å². The van der Waals surface area contributed by atoms with Gasteiger partial charge in [0.2, 0.25) is 5.95 Å². The van der Waals surface area contributed by atoms with Gasteiger partial charge in [0.05, 0.1) is 0 Å². The molecule has 2 rings (SSSR count). The summed E-state index contributed by atoms with van der Waals surface area (Å²) in [6, 6.07) is 5.67. The third kappa shape index (κ3) is 7.16. The highest BCUT2D eigenvalue weighted by Crippen LogP contribution is 2.24. The lowest BCUT2D eigenvalue weighted by molar-refractivity contribution is -0.124. The molecule has 0 unspecified atom stereocenters. The summed E-state index contributed by atoms with van der Waals surface area (Å²) in [4.78, 5) is 12.0. The Balaban J connectivity index is 2.01. The fourth-order valence-electron chi connectivity index (χ4n) is 2.39. The molecule has 0 bridgehead atoms. The number of ether oxygens (including phenoxy) is 1. The molecule has 2 aromatic rings. The van der Waals surface area contributed by atoms with Gasteiger partial charge in [-0.3, -0.25) is 4.79 Å². The van der Waals surface area contributed by atoms with Crippen molar-refractivity contribution in [3.63, 3.8) is 0 Å². The van der Waals surface area contributed by atoms with Crippen molar-refractivity contribution in [2.24, 2.45) is 0 Å². The zero-order valence-electron chi connectivity index (χ0n) is 16.3. The van der Waals surface area contributed by atoms with Crippen LogP contribution in [0.25, 0.3) is 0 Å². The summed E-state index contributed by atoms with van der Waals surface area (Å²) in [6.07, 6.45) is 2.08. The number of unbranched alkanes of at least 4 members (excludes halogenated alkanes) is 1. The van der Waals surface area contributed by atoms with Crippen molar-refractivity contribution in [3.05, 3.63) is 28.2 Å². The Labute approximate surface area is 168 Å². The number of nitrogens with zero attached hydrogens (tertiary/aromatic N) is 4. The topological polar surface area (TPSA) is 94.0 Å². The van der Waals surface area contributed by atoms with Gasteiger partial charge in [0.15, 0.2) is 6.61 Å². The smallest absolute Gasteiger partial charge is 0.258 e. The van der Waals surface area contributed by atoms with E-state index in [1.54, 1.807) is 4.68 Å². The molecule has 0 aliphatic heterocycles. The zero-order valence-corrected chi connectivity index (χ0v) is 17.8. The molecular weight excluding hydrogens is 412 g/mol. The first-order chi connectivity index (χ1) is 12.8. The molecule has 148 valence electrons. The number of carbonyl (C=O) groups is 1. The number of aryl methyl sites for hydroxylation is 1. The maximum absolute atomic E-state index is 12.0. The van der Waals surface area contributed by atoms with Gasteiger partial charge >= 0.3 is 0 Å². The number of hydrogen-bond acceptors (Lipinski definition) is 6. The number of amides is 1. The number of halogens is 1. The molecule has 1 aromatic heterocycles. The first-order valence-corrected chi connectivity index (χ1v) is 9.80. The van der Waals surface area contributed by atoms with Gasteiger partial charge in [-0.05, 0) is 55.8 Å². The van der Waals surface area contributed by atoms with Gasteiger partial charge in [0, 0.05) is 28.7 Å². The summed E-state index contributed by atoms with van der Waals surface area (Å²) < 4.78 is 8.41. The Kier molecular flexibility index (Phi) is 7.58. The summed E-state index contributed by atoms with van der Waals surface area (Å²) in [5.41, 5.74) is 0.609. The first-order valence-electron chi connectivity index (χ1n) is 9.01. The first kappa shape index (κ1) is 21.1. The minimum Gasteiger partial charge on any atom is -0.483 e. The van der Waals surface area contributed by atoms with Gasteiger partial charge in [-0.1, -0.05) is 34.4 Å². The number of aromatic nitrogens is 4. The molecule has 0 aliphatic rings. The molecule has 8 nitrogen and oxygen atoms in total. The SMILES string of the molecule is CCCCn1nnnc1NCc1cc(Br)ccc1OCC(=O)NC(C)(C)C. The lowest BCUT2D eigenvalue weighted by Gasteiger charge is -2.21. The lowest BCUT2D eigenvalue weighted by atomic mass is 10.1. The van der Waals surface area contributed by atoms with Crippen molar-refractivity contribution in [2.75, 3.05) is 11.9 Å². The predicted octanol–water partition coefficient (Wildman–Crippen LogP) is 3.14. The Bertz CT molecular complexity index is 757. The van der Waals surface area contributed by atoms with E-state index in [9.17, 15) is 4.79 Å². The van der Waals surface area contributed by atoms with Crippen molar-refractivity contribution in [2.45, 2.75) is 59.2 Å². The number of benzene rings is 1. The van der Waals surface area contributed by atoms with Crippen LogP contribution in [0.2, 0.25) is 0 Å². The Morgan fingerprint density at radius 3 is 2.81 bits per heavy atom. The van der Waals surface area contributed by atoms with E-state index in [4.69, 9.17) is 4.74 Å². The van der Waals surface area contributed by atoms with Crippen LogP contribution in [-0.2, 0) is 17.9 Å². The quantitative estimate of drug-likeness (QED) is 0.624. The molecule has 1 aromatic carbocycles. The second-order valence-electron chi connectivity index (χ2n) is 7.27. The Hall–Kier alpha value is -2.16. The monoisotopic (exact) mass is 438 g/mol. The average molecular weight is 439 g/mol. The van der Waals surface area contributed by atoms with Gasteiger partial charge in [-0.15, -0.1) is 0 Å². The highest BCUT2D eigenvalue weighted by molar-refractivity contribution is 9.10. The molecule has 0 saturated carbocycles. The van der Waals surface area contributed by atoms with Gasteiger partial charge in [-0.2, -0.15) is 0 Å². The highest BCUT2D eigenvalue weighted by atomic mass is 79.9. The van der Waals surface area contributed by atoms with Crippen LogP contribution in [0.1, 0.15) is 46.1 Å². The van der Waals surface area contributed by atoms with E-state index in [1.165, 1.54) is 0 Å². The predicted molar refractivity (Wildman–Crippen MR) is 108 cm³/mol. The molecule has 9 heteroatoms. The third-order valence-corrected chi connectivity index (χ3v) is 4.08.